The number of rotatable bonds is 3. The van der Waals surface area contributed by atoms with Crippen molar-refractivity contribution < 1.29 is 17.6 Å². The molecule has 0 N–H and O–H groups in total. The first kappa shape index (κ1) is 11.7. The fourth-order valence-corrected chi connectivity index (χ4v) is 1.04. The molecule has 0 aliphatic carbocycles. The maximum Gasteiger partial charge on any atom is 0.433 e. The third kappa shape index (κ3) is 3.04. The number of aromatic nitrogens is 1. The van der Waals surface area contributed by atoms with Gasteiger partial charge in [-0.3, -0.25) is 4.98 Å². The van der Waals surface area contributed by atoms with Gasteiger partial charge in [0.25, 0.3) is 0 Å². The molecular weight excluding hydrogens is 210 g/mol. The zero-order chi connectivity index (χ0) is 11.5. The third-order valence-corrected chi connectivity index (χ3v) is 1.81. The second kappa shape index (κ2) is 4.42. The molecule has 1 nitrogen and oxygen atoms in total. The Balaban J connectivity index is 2.85. The van der Waals surface area contributed by atoms with Crippen molar-refractivity contribution in [3.8, 4) is 0 Å². The molecule has 1 aromatic heterocycles. The third-order valence-electron chi connectivity index (χ3n) is 1.81. The Hall–Kier alpha value is -1.39. The molecule has 5 heteroatoms. The van der Waals surface area contributed by atoms with E-state index in [-0.39, 0.29) is 12.0 Å². The maximum atomic E-state index is 13.2. The lowest BCUT2D eigenvalue weighted by atomic mass is 10.1. The molecule has 0 saturated carbocycles. The number of nitrogens with zero attached hydrogens (tertiary/aromatic N) is 1. The molecule has 1 rings (SSSR count). The summed E-state index contributed by atoms with van der Waals surface area (Å²) < 4.78 is 49.5. The van der Waals surface area contributed by atoms with Crippen molar-refractivity contribution in [2.45, 2.75) is 18.8 Å². The van der Waals surface area contributed by atoms with E-state index in [1.54, 1.807) is 0 Å². The lowest BCUT2D eigenvalue weighted by molar-refractivity contribution is -0.141. The first-order valence-corrected chi connectivity index (χ1v) is 4.23. The fourth-order valence-electron chi connectivity index (χ4n) is 1.04. The van der Waals surface area contributed by atoms with Gasteiger partial charge in [0.2, 0.25) is 0 Å². The number of hydrogen-bond acceptors (Lipinski definition) is 1. The lowest BCUT2D eigenvalue weighted by Crippen LogP contribution is -2.08. The average molecular weight is 219 g/mol. The van der Waals surface area contributed by atoms with Crippen molar-refractivity contribution in [2.24, 2.45) is 0 Å². The Kier molecular flexibility index (Phi) is 3.44. The highest BCUT2D eigenvalue weighted by Crippen LogP contribution is 2.29. The molecule has 1 aromatic rings. The van der Waals surface area contributed by atoms with Crippen LogP contribution in [0.5, 0.6) is 0 Å². The maximum absolute atomic E-state index is 13.2. The molecule has 1 atom stereocenters. The van der Waals surface area contributed by atoms with Crippen molar-refractivity contribution in [1.82, 2.24) is 4.98 Å². The summed E-state index contributed by atoms with van der Waals surface area (Å²) in [6.07, 6.45) is -3.51. The van der Waals surface area contributed by atoms with Crippen LogP contribution < -0.4 is 0 Å². The zero-order valence-electron chi connectivity index (χ0n) is 7.76. The van der Waals surface area contributed by atoms with E-state index in [4.69, 9.17) is 0 Å². The molecule has 0 bridgehead atoms. The molecule has 1 heterocycles. The number of allylic oxidation sites excluding steroid dienone is 1. The number of alkyl halides is 4. The van der Waals surface area contributed by atoms with Crippen molar-refractivity contribution in [1.29, 1.82) is 0 Å². The topological polar surface area (TPSA) is 12.9 Å². The van der Waals surface area contributed by atoms with Gasteiger partial charge in [-0.25, -0.2) is 4.39 Å². The summed E-state index contributed by atoms with van der Waals surface area (Å²) in [4.78, 5) is 3.15. The molecule has 82 valence electrons. The Morgan fingerprint density at radius 2 is 2.07 bits per heavy atom. The van der Waals surface area contributed by atoms with E-state index in [0.29, 0.717) is 0 Å². The van der Waals surface area contributed by atoms with Crippen LogP contribution in [0.2, 0.25) is 0 Å². The van der Waals surface area contributed by atoms with E-state index in [1.807, 2.05) is 0 Å². The van der Waals surface area contributed by atoms with Gasteiger partial charge < -0.3 is 0 Å². The summed E-state index contributed by atoms with van der Waals surface area (Å²) in [5.41, 5.74) is -0.889. The predicted octanol–water partition coefficient (Wildman–Crippen LogP) is 3.69. The minimum atomic E-state index is -4.48. The highest BCUT2D eigenvalue weighted by Gasteiger charge is 2.32. The first-order chi connectivity index (χ1) is 6.95. The van der Waals surface area contributed by atoms with Gasteiger partial charge in [0.15, 0.2) is 0 Å². The highest BCUT2D eigenvalue weighted by molar-refractivity contribution is 5.18. The highest BCUT2D eigenvalue weighted by atomic mass is 19.4. The fraction of sp³-hybridized carbons (Fsp3) is 0.300. The van der Waals surface area contributed by atoms with Crippen LogP contribution in [0.1, 0.15) is 23.8 Å². The van der Waals surface area contributed by atoms with Gasteiger partial charge >= 0.3 is 6.18 Å². The minimum Gasteiger partial charge on any atom is -0.251 e. The van der Waals surface area contributed by atoms with Crippen LogP contribution in [0.4, 0.5) is 17.6 Å². The van der Waals surface area contributed by atoms with E-state index < -0.39 is 18.0 Å². The second-order valence-corrected chi connectivity index (χ2v) is 2.97. The van der Waals surface area contributed by atoms with Crippen LogP contribution in [0.15, 0.2) is 31.0 Å². The molecule has 0 amide bonds. The molecule has 0 aromatic carbocycles. The van der Waals surface area contributed by atoms with Crippen LogP contribution in [0, 0.1) is 0 Å². The summed E-state index contributed by atoms with van der Waals surface area (Å²) >= 11 is 0. The van der Waals surface area contributed by atoms with Crippen LogP contribution in [0.3, 0.4) is 0 Å². The number of halogens is 4. The molecule has 0 aliphatic heterocycles. The van der Waals surface area contributed by atoms with Crippen LogP contribution in [-0.4, -0.2) is 4.98 Å². The van der Waals surface area contributed by atoms with Gasteiger partial charge in [-0.15, -0.1) is 6.58 Å². The van der Waals surface area contributed by atoms with E-state index in [9.17, 15) is 17.6 Å². The van der Waals surface area contributed by atoms with E-state index in [0.717, 1.165) is 18.3 Å². The average Bonchev–Trinajstić information content (AvgIpc) is 2.17. The summed E-state index contributed by atoms with van der Waals surface area (Å²) in [5, 5.41) is 0. The van der Waals surface area contributed by atoms with E-state index in [2.05, 4.69) is 11.6 Å². The molecular formula is C10H9F4N. The normalized spacial score (nSPS) is 13.6. The quantitative estimate of drug-likeness (QED) is 0.558. The largest absolute Gasteiger partial charge is 0.433 e. The Labute approximate surface area is 84.4 Å². The van der Waals surface area contributed by atoms with Gasteiger partial charge in [0.05, 0.1) is 0 Å². The Morgan fingerprint density at radius 1 is 1.40 bits per heavy atom. The van der Waals surface area contributed by atoms with Gasteiger partial charge in [0, 0.05) is 18.2 Å². The van der Waals surface area contributed by atoms with Crippen molar-refractivity contribution in [2.75, 3.05) is 0 Å². The minimum absolute atomic E-state index is 0.0625. The summed E-state index contributed by atoms with van der Waals surface area (Å²) in [6.45, 7) is 3.34. The summed E-state index contributed by atoms with van der Waals surface area (Å²) in [5.74, 6) is 0. The van der Waals surface area contributed by atoms with Crippen LogP contribution >= 0.6 is 0 Å². The van der Waals surface area contributed by atoms with E-state index in [1.165, 1.54) is 6.08 Å². The summed E-state index contributed by atoms with van der Waals surface area (Å²) in [7, 11) is 0. The monoisotopic (exact) mass is 219 g/mol. The molecule has 0 radical (unpaired) electrons. The van der Waals surface area contributed by atoms with E-state index >= 15 is 0 Å². The van der Waals surface area contributed by atoms with Gasteiger partial charge in [-0.05, 0) is 6.07 Å². The van der Waals surface area contributed by atoms with Gasteiger partial charge in [0.1, 0.15) is 11.9 Å². The van der Waals surface area contributed by atoms with Gasteiger partial charge in [-0.1, -0.05) is 12.1 Å². The summed E-state index contributed by atoms with van der Waals surface area (Å²) in [6, 6.07) is 1.86. The Bertz CT molecular complexity index is 328. The zero-order valence-corrected chi connectivity index (χ0v) is 7.76. The van der Waals surface area contributed by atoms with Crippen molar-refractivity contribution >= 4 is 0 Å². The van der Waals surface area contributed by atoms with Crippen molar-refractivity contribution in [3.63, 3.8) is 0 Å². The predicted molar refractivity (Wildman–Crippen MR) is 47.9 cm³/mol. The number of hydrogen-bond donors (Lipinski definition) is 0. The van der Waals surface area contributed by atoms with Crippen molar-refractivity contribution in [3.05, 3.63) is 42.2 Å². The lowest BCUT2D eigenvalue weighted by Gasteiger charge is -2.08. The first-order valence-electron chi connectivity index (χ1n) is 4.23. The van der Waals surface area contributed by atoms with Gasteiger partial charge in [-0.2, -0.15) is 13.2 Å². The SMILES string of the molecule is C=CCC(F)c1ccc(C(F)(F)F)nc1. The molecule has 15 heavy (non-hydrogen) atoms. The molecule has 1 unspecified atom stereocenters. The Morgan fingerprint density at radius 3 is 2.47 bits per heavy atom. The molecule has 0 fully saturated rings. The molecule has 0 aliphatic rings. The van der Waals surface area contributed by atoms with Crippen LogP contribution in [0.25, 0.3) is 0 Å². The van der Waals surface area contributed by atoms with Crippen LogP contribution in [-0.2, 0) is 6.18 Å². The standard InChI is InChI=1S/C10H9F4N/c1-2-3-8(11)7-4-5-9(15-6-7)10(12,13)14/h2,4-6,8H,1,3H2. The number of pyridine rings is 1. The second-order valence-electron chi connectivity index (χ2n) is 2.97. The smallest absolute Gasteiger partial charge is 0.251 e. The molecule has 0 saturated heterocycles. The molecule has 0 spiro atoms.